The number of esters is 1. The summed E-state index contributed by atoms with van der Waals surface area (Å²) < 4.78 is 6.62. The first-order valence-electron chi connectivity index (χ1n) is 5.71. The van der Waals surface area contributed by atoms with Crippen LogP contribution in [0.15, 0.2) is 18.5 Å². The topological polar surface area (TPSA) is 57.0 Å². The molecule has 2 aromatic rings. The van der Waals surface area contributed by atoms with Crippen LogP contribution in [0.5, 0.6) is 0 Å². The smallest absolute Gasteiger partial charge is 0.339 e. The van der Waals surface area contributed by atoms with E-state index in [0.717, 1.165) is 23.9 Å². The normalized spacial score (nSPS) is 15.8. The summed E-state index contributed by atoms with van der Waals surface area (Å²) >= 11 is 0. The number of fused-ring (bicyclic) bond motifs is 1. The average molecular weight is 231 g/mol. The molecule has 0 amide bonds. The van der Waals surface area contributed by atoms with E-state index in [2.05, 4.69) is 14.8 Å². The number of rotatable bonds is 2. The minimum Gasteiger partial charge on any atom is -0.465 e. The summed E-state index contributed by atoms with van der Waals surface area (Å²) in [5.74, 6) is -0.365. The van der Waals surface area contributed by atoms with Gasteiger partial charge in [0.1, 0.15) is 0 Å². The molecular formula is C12H13N3O2. The van der Waals surface area contributed by atoms with E-state index in [1.807, 2.05) is 4.68 Å². The largest absolute Gasteiger partial charge is 0.465 e. The van der Waals surface area contributed by atoms with Crippen LogP contribution in [-0.4, -0.2) is 27.8 Å². The highest BCUT2D eigenvalue weighted by Gasteiger charge is 2.22. The van der Waals surface area contributed by atoms with Crippen molar-refractivity contribution in [3.05, 3.63) is 24.0 Å². The van der Waals surface area contributed by atoms with Crippen molar-refractivity contribution in [1.82, 2.24) is 14.8 Å². The second-order valence-corrected chi connectivity index (χ2v) is 4.30. The van der Waals surface area contributed by atoms with E-state index >= 15 is 0 Å². The van der Waals surface area contributed by atoms with Gasteiger partial charge in [0.05, 0.1) is 24.9 Å². The molecule has 3 rings (SSSR count). The maximum Gasteiger partial charge on any atom is 0.339 e. The lowest BCUT2D eigenvalue weighted by Gasteiger charge is -2.25. The predicted octanol–water partition coefficient (Wildman–Crippen LogP) is 1.94. The molecule has 0 atom stereocenters. The second kappa shape index (κ2) is 3.84. The van der Waals surface area contributed by atoms with Crippen molar-refractivity contribution in [2.45, 2.75) is 25.3 Å². The third-order valence-electron chi connectivity index (χ3n) is 3.28. The van der Waals surface area contributed by atoms with E-state index in [1.165, 1.54) is 13.5 Å². The SMILES string of the molecule is COC(=O)c1cnc2c(cnn2C2CCC2)c1. The molecule has 0 radical (unpaired) electrons. The highest BCUT2D eigenvalue weighted by Crippen LogP contribution is 2.32. The van der Waals surface area contributed by atoms with Gasteiger partial charge in [0.25, 0.3) is 0 Å². The Hall–Kier alpha value is -1.91. The molecule has 0 aromatic carbocycles. The van der Waals surface area contributed by atoms with Gasteiger partial charge >= 0.3 is 5.97 Å². The second-order valence-electron chi connectivity index (χ2n) is 4.30. The van der Waals surface area contributed by atoms with Crippen molar-refractivity contribution in [1.29, 1.82) is 0 Å². The Labute approximate surface area is 98.4 Å². The molecule has 0 N–H and O–H groups in total. The first-order chi connectivity index (χ1) is 8.29. The molecule has 0 aliphatic heterocycles. The molecule has 2 aromatic heterocycles. The van der Waals surface area contributed by atoms with E-state index in [-0.39, 0.29) is 5.97 Å². The van der Waals surface area contributed by atoms with Gasteiger partial charge < -0.3 is 4.74 Å². The standard InChI is InChI=1S/C12H13N3O2/c1-17-12(16)9-5-8-7-14-15(10-3-2-4-10)11(8)13-6-9/h5-7,10H,2-4H2,1H3. The van der Waals surface area contributed by atoms with Crippen molar-refractivity contribution < 1.29 is 9.53 Å². The van der Waals surface area contributed by atoms with Crippen LogP contribution in [0, 0.1) is 0 Å². The van der Waals surface area contributed by atoms with Crippen molar-refractivity contribution in [2.75, 3.05) is 7.11 Å². The zero-order valence-electron chi connectivity index (χ0n) is 9.59. The van der Waals surface area contributed by atoms with Crippen LogP contribution < -0.4 is 0 Å². The molecular weight excluding hydrogens is 218 g/mol. The number of carbonyl (C=O) groups is 1. The van der Waals surface area contributed by atoms with Gasteiger partial charge in [-0.05, 0) is 25.3 Å². The third kappa shape index (κ3) is 1.58. The summed E-state index contributed by atoms with van der Waals surface area (Å²) in [6, 6.07) is 2.25. The van der Waals surface area contributed by atoms with Gasteiger partial charge in [-0.3, -0.25) is 0 Å². The van der Waals surface area contributed by atoms with Gasteiger partial charge in [0.2, 0.25) is 0 Å². The molecule has 0 bridgehead atoms. The van der Waals surface area contributed by atoms with Gasteiger partial charge in [-0.2, -0.15) is 5.10 Å². The van der Waals surface area contributed by atoms with Crippen LogP contribution in [0.1, 0.15) is 35.7 Å². The molecule has 88 valence electrons. The Balaban J connectivity index is 2.04. The van der Waals surface area contributed by atoms with Gasteiger partial charge in [-0.15, -0.1) is 0 Å². The third-order valence-corrected chi connectivity index (χ3v) is 3.28. The number of carbonyl (C=O) groups excluding carboxylic acids is 1. The van der Waals surface area contributed by atoms with Crippen molar-refractivity contribution in [3.63, 3.8) is 0 Å². The van der Waals surface area contributed by atoms with Crippen molar-refractivity contribution in [2.24, 2.45) is 0 Å². The molecule has 0 unspecified atom stereocenters. The van der Waals surface area contributed by atoms with Gasteiger partial charge in [-0.25, -0.2) is 14.5 Å². The monoisotopic (exact) mass is 231 g/mol. The maximum atomic E-state index is 11.4. The van der Waals surface area contributed by atoms with Crippen molar-refractivity contribution in [3.8, 4) is 0 Å². The van der Waals surface area contributed by atoms with Gasteiger partial charge in [0, 0.05) is 11.6 Å². The molecule has 17 heavy (non-hydrogen) atoms. The molecule has 0 spiro atoms. The summed E-state index contributed by atoms with van der Waals surface area (Å²) in [6.07, 6.45) is 6.89. The molecule has 1 saturated carbocycles. The Bertz CT molecular complexity index is 572. The lowest BCUT2D eigenvalue weighted by atomic mass is 9.93. The zero-order valence-corrected chi connectivity index (χ0v) is 9.59. The highest BCUT2D eigenvalue weighted by molar-refractivity contribution is 5.92. The van der Waals surface area contributed by atoms with E-state index in [0.29, 0.717) is 11.6 Å². The number of aromatic nitrogens is 3. The van der Waals surface area contributed by atoms with Crippen molar-refractivity contribution >= 4 is 17.0 Å². The van der Waals surface area contributed by atoms with Crippen LogP contribution >= 0.6 is 0 Å². The molecule has 1 aliphatic rings. The van der Waals surface area contributed by atoms with E-state index < -0.39 is 0 Å². The fourth-order valence-electron chi connectivity index (χ4n) is 2.07. The zero-order chi connectivity index (χ0) is 11.8. The Morgan fingerprint density at radius 2 is 2.29 bits per heavy atom. The van der Waals surface area contributed by atoms with Crippen LogP contribution in [0.4, 0.5) is 0 Å². The quantitative estimate of drug-likeness (QED) is 0.741. The molecule has 1 fully saturated rings. The fourth-order valence-corrected chi connectivity index (χ4v) is 2.07. The van der Waals surface area contributed by atoms with Crippen LogP contribution in [0.25, 0.3) is 11.0 Å². The average Bonchev–Trinajstić information content (AvgIpc) is 2.69. The fraction of sp³-hybridized carbons (Fsp3) is 0.417. The Morgan fingerprint density at radius 3 is 2.94 bits per heavy atom. The molecule has 5 nitrogen and oxygen atoms in total. The van der Waals surface area contributed by atoms with Crippen LogP contribution in [0.3, 0.4) is 0 Å². The lowest BCUT2D eigenvalue weighted by Crippen LogP contribution is -2.18. The molecule has 0 saturated heterocycles. The minimum absolute atomic E-state index is 0.365. The maximum absolute atomic E-state index is 11.4. The Morgan fingerprint density at radius 1 is 1.47 bits per heavy atom. The number of nitrogens with zero attached hydrogens (tertiary/aromatic N) is 3. The van der Waals surface area contributed by atoms with Crippen LogP contribution in [-0.2, 0) is 4.74 Å². The summed E-state index contributed by atoms with van der Waals surface area (Å²) in [7, 11) is 1.37. The summed E-state index contributed by atoms with van der Waals surface area (Å²) in [5, 5.41) is 5.23. The first kappa shape index (κ1) is 10.3. The highest BCUT2D eigenvalue weighted by atomic mass is 16.5. The summed E-state index contributed by atoms with van der Waals surface area (Å²) in [5.41, 5.74) is 1.32. The summed E-state index contributed by atoms with van der Waals surface area (Å²) in [6.45, 7) is 0. The molecule has 1 aliphatic carbocycles. The number of ether oxygens (including phenoxy) is 1. The first-order valence-corrected chi connectivity index (χ1v) is 5.71. The van der Waals surface area contributed by atoms with E-state index in [1.54, 1.807) is 18.5 Å². The minimum atomic E-state index is -0.365. The number of hydrogen-bond acceptors (Lipinski definition) is 4. The number of methoxy groups -OCH3 is 1. The Kier molecular flexibility index (Phi) is 2.31. The number of pyridine rings is 1. The summed E-state index contributed by atoms with van der Waals surface area (Å²) in [4.78, 5) is 15.7. The van der Waals surface area contributed by atoms with Gasteiger partial charge in [0.15, 0.2) is 5.65 Å². The van der Waals surface area contributed by atoms with Crippen LogP contribution in [0.2, 0.25) is 0 Å². The molecule has 5 heteroatoms. The lowest BCUT2D eigenvalue weighted by molar-refractivity contribution is 0.0600. The van der Waals surface area contributed by atoms with E-state index in [4.69, 9.17) is 0 Å². The number of hydrogen-bond donors (Lipinski definition) is 0. The molecule has 2 heterocycles. The van der Waals surface area contributed by atoms with Gasteiger partial charge in [-0.1, -0.05) is 0 Å². The van der Waals surface area contributed by atoms with E-state index in [9.17, 15) is 4.79 Å². The predicted molar refractivity (Wildman–Crippen MR) is 61.8 cm³/mol.